The Balaban J connectivity index is 0.000000210. The van der Waals surface area contributed by atoms with Gasteiger partial charge >= 0.3 is 6.29 Å². The quantitative estimate of drug-likeness (QED) is 0.576. The topological polar surface area (TPSA) is 27.7 Å². The van der Waals surface area contributed by atoms with E-state index in [4.69, 9.17) is 4.74 Å². The van der Waals surface area contributed by atoms with Gasteiger partial charge < -0.3 is 14.2 Å². The number of benzene rings is 2. The van der Waals surface area contributed by atoms with Crippen molar-refractivity contribution in [2.75, 3.05) is 0 Å². The van der Waals surface area contributed by atoms with Gasteiger partial charge in [0.15, 0.2) is 11.5 Å². The molecule has 2 heterocycles. The molecule has 3 nitrogen and oxygen atoms in total. The summed E-state index contributed by atoms with van der Waals surface area (Å²) >= 11 is 0. The summed E-state index contributed by atoms with van der Waals surface area (Å²) < 4.78 is 38.4. The van der Waals surface area contributed by atoms with Gasteiger partial charge in [0, 0.05) is 6.42 Å². The molecule has 138 valence electrons. The number of para-hydroxylation sites is 3. The second-order valence-electron chi connectivity index (χ2n) is 4.85. The molecule has 0 aromatic heterocycles. The van der Waals surface area contributed by atoms with Crippen molar-refractivity contribution in [2.24, 2.45) is 0 Å². The van der Waals surface area contributed by atoms with Crippen LogP contribution in [0.1, 0.15) is 40.2 Å². The fraction of sp³-hybridized carbons (Fsp3) is 0.400. The Kier molecular flexibility index (Phi) is 8.19. The maximum Gasteiger partial charge on any atom is 0.586 e. The fourth-order valence-electron chi connectivity index (χ4n) is 2.25. The Hall–Kier alpha value is -2.30. The highest BCUT2D eigenvalue weighted by molar-refractivity contribution is 5.41. The number of alkyl halides is 2. The van der Waals surface area contributed by atoms with E-state index in [0.29, 0.717) is 6.10 Å². The second-order valence-corrected chi connectivity index (χ2v) is 4.85. The van der Waals surface area contributed by atoms with Gasteiger partial charge in [0.25, 0.3) is 0 Å². The monoisotopic (exact) mass is 352 g/mol. The zero-order chi connectivity index (χ0) is 18.9. The fourth-order valence-corrected chi connectivity index (χ4v) is 2.25. The van der Waals surface area contributed by atoms with E-state index < -0.39 is 6.29 Å². The lowest BCUT2D eigenvalue weighted by atomic mass is 10.1. The molecule has 0 saturated heterocycles. The molecule has 0 N–H and O–H groups in total. The van der Waals surface area contributed by atoms with Gasteiger partial charge in [-0.15, -0.1) is 8.78 Å². The summed E-state index contributed by atoms with van der Waals surface area (Å²) in [6.07, 6.45) is -2.06. The van der Waals surface area contributed by atoms with Crippen molar-refractivity contribution >= 4 is 0 Å². The van der Waals surface area contributed by atoms with Crippen LogP contribution in [0, 0.1) is 0 Å². The first-order valence-electron chi connectivity index (χ1n) is 8.63. The van der Waals surface area contributed by atoms with Crippen molar-refractivity contribution < 1.29 is 23.0 Å². The molecule has 2 aromatic rings. The standard InChI is InChI=1S/C9H10O.C7H4F2O2.2C2H6/c1-7-6-8-4-2-3-5-9(8)10-7;8-7(9)10-5-3-1-2-4-6(5)11-7;2*1-2/h2-5,7H,6H2,1H3;1-4H;2*1-2H3. The molecule has 5 heteroatoms. The third-order valence-corrected chi connectivity index (χ3v) is 3.11. The van der Waals surface area contributed by atoms with Gasteiger partial charge in [-0.1, -0.05) is 58.0 Å². The lowest BCUT2D eigenvalue weighted by molar-refractivity contribution is -0.286. The Bertz CT molecular complexity index is 592. The maximum atomic E-state index is 12.3. The van der Waals surface area contributed by atoms with Gasteiger partial charge in [0.1, 0.15) is 11.9 Å². The highest BCUT2D eigenvalue weighted by Gasteiger charge is 2.42. The molecule has 1 atom stereocenters. The largest absolute Gasteiger partial charge is 0.586 e. The van der Waals surface area contributed by atoms with Crippen LogP contribution in [-0.4, -0.2) is 12.4 Å². The van der Waals surface area contributed by atoms with Crippen LogP contribution in [0.5, 0.6) is 17.2 Å². The molecule has 0 bridgehead atoms. The van der Waals surface area contributed by atoms with E-state index in [9.17, 15) is 8.78 Å². The first-order valence-corrected chi connectivity index (χ1v) is 8.63. The summed E-state index contributed by atoms with van der Waals surface area (Å²) in [5.41, 5.74) is 1.34. The number of rotatable bonds is 0. The SMILES string of the molecule is CC.CC.CC1Cc2ccccc2O1.FC1(F)Oc2ccccc2O1. The van der Waals surface area contributed by atoms with E-state index in [2.05, 4.69) is 28.5 Å². The third-order valence-electron chi connectivity index (χ3n) is 3.11. The van der Waals surface area contributed by atoms with Crippen LogP contribution in [-0.2, 0) is 6.42 Å². The first-order chi connectivity index (χ1) is 12.0. The van der Waals surface area contributed by atoms with Crippen LogP contribution in [0.4, 0.5) is 8.78 Å². The van der Waals surface area contributed by atoms with Crippen LogP contribution < -0.4 is 14.2 Å². The van der Waals surface area contributed by atoms with Crippen LogP contribution in [0.25, 0.3) is 0 Å². The van der Waals surface area contributed by atoms with Crippen molar-refractivity contribution in [2.45, 2.75) is 53.4 Å². The summed E-state index contributed by atoms with van der Waals surface area (Å²) in [6.45, 7) is 10.1. The van der Waals surface area contributed by atoms with E-state index in [1.165, 1.54) is 17.7 Å². The zero-order valence-corrected chi connectivity index (χ0v) is 15.4. The smallest absolute Gasteiger partial charge is 0.490 e. The highest BCUT2D eigenvalue weighted by Crippen LogP contribution is 2.40. The van der Waals surface area contributed by atoms with Gasteiger partial charge in [0.05, 0.1) is 0 Å². The Labute approximate surface area is 148 Å². The van der Waals surface area contributed by atoms with Crippen LogP contribution in [0.2, 0.25) is 0 Å². The van der Waals surface area contributed by atoms with E-state index in [1.54, 1.807) is 12.1 Å². The molecule has 0 aliphatic carbocycles. The number of halogens is 2. The summed E-state index contributed by atoms with van der Waals surface area (Å²) in [5, 5.41) is 0. The number of ether oxygens (including phenoxy) is 3. The first kappa shape index (κ1) is 20.7. The van der Waals surface area contributed by atoms with E-state index in [0.717, 1.165) is 12.2 Å². The molecular formula is C20H26F2O3. The van der Waals surface area contributed by atoms with Crippen LogP contribution in [0.3, 0.4) is 0 Å². The van der Waals surface area contributed by atoms with Gasteiger partial charge in [-0.2, -0.15) is 0 Å². The van der Waals surface area contributed by atoms with Crippen molar-refractivity contribution in [1.82, 2.24) is 0 Å². The molecular weight excluding hydrogens is 326 g/mol. The molecule has 2 aromatic carbocycles. The maximum absolute atomic E-state index is 12.3. The molecule has 0 radical (unpaired) electrons. The van der Waals surface area contributed by atoms with Gasteiger partial charge in [0.2, 0.25) is 0 Å². The minimum absolute atomic E-state index is 0.0810. The van der Waals surface area contributed by atoms with E-state index >= 15 is 0 Å². The molecule has 2 aliphatic rings. The van der Waals surface area contributed by atoms with Crippen molar-refractivity contribution in [3.8, 4) is 17.2 Å². The second kappa shape index (κ2) is 9.87. The Morgan fingerprint density at radius 3 is 1.72 bits per heavy atom. The van der Waals surface area contributed by atoms with E-state index in [-0.39, 0.29) is 11.5 Å². The number of hydrogen-bond donors (Lipinski definition) is 0. The summed E-state index contributed by atoms with van der Waals surface area (Å²) in [5.74, 6) is 1.23. The van der Waals surface area contributed by atoms with Crippen molar-refractivity contribution in [3.05, 3.63) is 54.1 Å². The minimum Gasteiger partial charge on any atom is -0.490 e. The summed E-state index contributed by atoms with van der Waals surface area (Å²) in [7, 11) is 0. The predicted molar refractivity (Wildman–Crippen MR) is 95.6 cm³/mol. The normalized spacial score (nSPS) is 17.3. The van der Waals surface area contributed by atoms with Gasteiger partial charge in [-0.05, 0) is 30.7 Å². The number of fused-ring (bicyclic) bond motifs is 2. The Morgan fingerprint density at radius 2 is 1.24 bits per heavy atom. The lowest BCUT2D eigenvalue weighted by Crippen LogP contribution is -2.25. The molecule has 0 amide bonds. The molecule has 2 aliphatic heterocycles. The summed E-state index contributed by atoms with van der Waals surface area (Å²) in [4.78, 5) is 0. The van der Waals surface area contributed by atoms with Gasteiger partial charge in [-0.3, -0.25) is 0 Å². The van der Waals surface area contributed by atoms with Crippen molar-refractivity contribution in [3.63, 3.8) is 0 Å². The molecule has 1 unspecified atom stereocenters. The minimum atomic E-state index is -3.50. The highest BCUT2D eigenvalue weighted by atomic mass is 19.3. The summed E-state index contributed by atoms with van der Waals surface area (Å²) in [6, 6.07) is 14.3. The zero-order valence-electron chi connectivity index (χ0n) is 15.4. The molecule has 25 heavy (non-hydrogen) atoms. The predicted octanol–water partition coefficient (Wildman–Crippen LogP) is 6.07. The van der Waals surface area contributed by atoms with Crippen LogP contribution >= 0.6 is 0 Å². The average Bonchev–Trinajstić information content (AvgIpc) is 3.15. The van der Waals surface area contributed by atoms with Gasteiger partial charge in [-0.25, -0.2) is 0 Å². The molecule has 0 spiro atoms. The number of hydrogen-bond acceptors (Lipinski definition) is 3. The average molecular weight is 352 g/mol. The third kappa shape index (κ3) is 5.93. The molecule has 0 fully saturated rings. The van der Waals surface area contributed by atoms with Crippen molar-refractivity contribution in [1.29, 1.82) is 0 Å². The van der Waals surface area contributed by atoms with E-state index in [1.807, 2.05) is 39.8 Å². The molecule has 4 rings (SSSR count). The molecule has 0 saturated carbocycles. The Morgan fingerprint density at radius 1 is 0.800 bits per heavy atom. The lowest BCUT2D eigenvalue weighted by Gasteiger charge is -2.04. The van der Waals surface area contributed by atoms with Crippen LogP contribution in [0.15, 0.2) is 48.5 Å².